The third-order valence-corrected chi connectivity index (χ3v) is 8.20. The molecule has 2 aliphatic rings. The first kappa shape index (κ1) is 26.9. The number of hydrogen-bond acceptors (Lipinski definition) is 5. The summed E-state index contributed by atoms with van der Waals surface area (Å²) in [6.07, 6.45) is 3.48. The molecule has 200 valence electrons. The second-order valence-corrected chi connectivity index (χ2v) is 10.4. The number of benzene rings is 2. The number of methoxy groups -OCH3 is 2. The molecule has 1 aliphatic carbocycles. The van der Waals surface area contributed by atoms with Crippen LogP contribution in [0.1, 0.15) is 36.8 Å². The fourth-order valence-corrected chi connectivity index (χ4v) is 5.98. The van der Waals surface area contributed by atoms with E-state index in [2.05, 4.69) is 48.6 Å². The number of nitrogens with one attached hydrogen (secondary N) is 1. The normalized spacial score (nSPS) is 23.6. The Kier molecular flexibility index (Phi) is 8.39. The quantitative estimate of drug-likeness (QED) is 0.498. The van der Waals surface area contributed by atoms with E-state index in [9.17, 15) is 9.59 Å². The summed E-state index contributed by atoms with van der Waals surface area (Å²) in [5.41, 5.74) is 1.87. The first-order valence-electron chi connectivity index (χ1n) is 13.0. The van der Waals surface area contributed by atoms with Crippen LogP contribution >= 0.6 is 0 Å². The number of hydrogen-bond donors (Lipinski definition) is 1. The third-order valence-electron chi connectivity index (χ3n) is 8.20. The van der Waals surface area contributed by atoms with E-state index in [1.165, 1.54) is 5.56 Å². The molecule has 1 aliphatic heterocycles. The molecule has 0 aromatic heterocycles. The molecule has 0 atom stereocenters. The molecule has 1 N–H and O–H groups in total. The molecule has 37 heavy (non-hydrogen) atoms. The molecule has 2 aromatic carbocycles. The van der Waals surface area contributed by atoms with Gasteiger partial charge in [0.05, 0.1) is 19.3 Å². The molecule has 8 nitrogen and oxygen atoms in total. The maximum absolute atomic E-state index is 13.7. The number of nitrogens with zero attached hydrogens (tertiary/aromatic N) is 3. The molecule has 2 fully saturated rings. The van der Waals surface area contributed by atoms with Crippen molar-refractivity contribution in [1.82, 2.24) is 20.0 Å². The Bertz CT molecular complexity index is 1050. The Hall–Kier alpha value is -3.10. The van der Waals surface area contributed by atoms with Crippen LogP contribution in [0, 0.1) is 0 Å². The fraction of sp³-hybridized carbons (Fsp3) is 0.517. The second-order valence-electron chi connectivity index (χ2n) is 10.4. The van der Waals surface area contributed by atoms with Crippen molar-refractivity contribution in [3.05, 3.63) is 65.7 Å². The summed E-state index contributed by atoms with van der Waals surface area (Å²) in [6, 6.07) is 18.4. The van der Waals surface area contributed by atoms with Crippen molar-refractivity contribution >= 4 is 11.9 Å². The zero-order chi connectivity index (χ0) is 26.5. The lowest BCUT2D eigenvalue weighted by atomic mass is 9.68. The highest BCUT2D eigenvalue weighted by Gasteiger charge is 2.54. The smallest absolute Gasteiger partial charge is 0.321 e. The van der Waals surface area contributed by atoms with Crippen molar-refractivity contribution in [2.24, 2.45) is 0 Å². The lowest BCUT2D eigenvalue weighted by Crippen LogP contribution is -2.57. The zero-order valence-electron chi connectivity index (χ0n) is 22.5. The first-order chi connectivity index (χ1) is 17.8. The number of carbonyl (C=O) groups is 2. The van der Waals surface area contributed by atoms with Crippen LogP contribution in [0.5, 0.6) is 5.75 Å². The van der Waals surface area contributed by atoms with Crippen LogP contribution in [-0.2, 0) is 21.6 Å². The van der Waals surface area contributed by atoms with Gasteiger partial charge in [0, 0.05) is 32.3 Å². The molecule has 1 spiro atoms. The van der Waals surface area contributed by atoms with Gasteiger partial charge in [0.25, 0.3) is 0 Å². The molecular weight excluding hydrogens is 468 g/mol. The molecule has 3 amide bonds. The van der Waals surface area contributed by atoms with Crippen LogP contribution in [-0.4, -0.2) is 86.7 Å². The van der Waals surface area contributed by atoms with Gasteiger partial charge in [-0.25, -0.2) is 4.79 Å². The molecular formula is C29H40N4O4. The van der Waals surface area contributed by atoms with Gasteiger partial charge in [-0.2, -0.15) is 0 Å². The molecule has 1 heterocycles. The van der Waals surface area contributed by atoms with Crippen LogP contribution in [0.15, 0.2) is 54.6 Å². The van der Waals surface area contributed by atoms with Gasteiger partial charge in [0.2, 0.25) is 5.91 Å². The molecule has 0 radical (unpaired) electrons. The summed E-state index contributed by atoms with van der Waals surface area (Å²) in [5, 5.41) is 2.89. The summed E-state index contributed by atoms with van der Waals surface area (Å²) < 4.78 is 10.3. The monoisotopic (exact) mass is 508 g/mol. The Labute approximate surface area is 220 Å². The molecule has 2 aromatic rings. The van der Waals surface area contributed by atoms with Crippen molar-refractivity contribution in [2.75, 3.05) is 54.6 Å². The van der Waals surface area contributed by atoms with E-state index in [1.54, 1.807) is 14.2 Å². The van der Waals surface area contributed by atoms with Gasteiger partial charge in [-0.1, -0.05) is 42.5 Å². The summed E-state index contributed by atoms with van der Waals surface area (Å²) in [7, 11) is 7.53. The average molecular weight is 509 g/mol. The van der Waals surface area contributed by atoms with E-state index in [0.717, 1.165) is 37.0 Å². The fourth-order valence-electron chi connectivity index (χ4n) is 5.98. The Morgan fingerprint density at radius 1 is 1.00 bits per heavy atom. The van der Waals surface area contributed by atoms with Crippen LogP contribution in [0.4, 0.5) is 4.79 Å². The Morgan fingerprint density at radius 2 is 1.68 bits per heavy atom. The van der Waals surface area contributed by atoms with Crippen LogP contribution in [0.25, 0.3) is 0 Å². The average Bonchev–Trinajstić information content (AvgIpc) is 3.15. The van der Waals surface area contributed by atoms with Crippen molar-refractivity contribution in [3.63, 3.8) is 0 Å². The highest BCUT2D eigenvalue weighted by atomic mass is 16.5. The molecule has 0 bridgehead atoms. The van der Waals surface area contributed by atoms with Gasteiger partial charge in [-0.05, 0) is 63.0 Å². The second kappa shape index (κ2) is 11.5. The minimum atomic E-state index is -0.379. The van der Waals surface area contributed by atoms with E-state index >= 15 is 0 Å². The summed E-state index contributed by atoms with van der Waals surface area (Å²) in [5.74, 6) is 0.638. The Morgan fingerprint density at radius 3 is 2.27 bits per heavy atom. The third kappa shape index (κ3) is 5.60. The maximum Gasteiger partial charge on any atom is 0.321 e. The van der Waals surface area contributed by atoms with Gasteiger partial charge in [-0.15, -0.1) is 0 Å². The number of urea groups is 1. The molecule has 1 saturated carbocycles. The topological polar surface area (TPSA) is 74.3 Å². The van der Waals surface area contributed by atoms with Crippen molar-refractivity contribution in [2.45, 2.75) is 43.3 Å². The largest absolute Gasteiger partial charge is 0.497 e. The first-order valence-corrected chi connectivity index (χ1v) is 13.0. The van der Waals surface area contributed by atoms with Gasteiger partial charge < -0.3 is 24.6 Å². The predicted octanol–water partition coefficient (Wildman–Crippen LogP) is 3.47. The van der Waals surface area contributed by atoms with E-state index in [-0.39, 0.29) is 29.6 Å². The highest BCUT2D eigenvalue weighted by Crippen LogP contribution is 2.49. The van der Waals surface area contributed by atoms with E-state index in [1.807, 2.05) is 40.1 Å². The summed E-state index contributed by atoms with van der Waals surface area (Å²) in [6.45, 7) is 2.04. The van der Waals surface area contributed by atoms with Gasteiger partial charge in [0.1, 0.15) is 12.3 Å². The number of carbonyl (C=O) groups excluding carboxylic acids is 2. The zero-order valence-corrected chi connectivity index (χ0v) is 22.5. The van der Waals surface area contributed by atoms with Crippen LogP contribution in [0.3, 0.4) is 0 Å². The number of rotatable bonds is 10. The highest BCUT2D eigenvalue weighted by molar-refractivity contribution is 5.86. The summed E-state index contributed by atoms with van der Waals surface area (Å²) >= 11 is 0. The van der Waals surface area contributed by atoms with Gasteiger partial charge in [-0.3, -0.25) is 9.69 Å². The lowest BCUT2D eigenvalue weighted by Gasteiger charge is -2.50. The minimum Gasteiger partial charge on any atom is -0.497 e. The molecule has 8 heteroatoms. The molecule has 4 rings (SSSR count). The van der Waals surface area contributed by atoms with Gasteiger partial charge >= 0.3 is 6.03 Å². The SMILES string of the molecule is COCCNC(=O)CN1C(=O)N(Cc2ccc(OC)cc2)C[C@]12CC[C@](c1ccccc1)(N(C)C)CC2. The summed E-state index contributed by atoms with van der Waals surface area (Å²) in [4.78, 5) is 32.6. The molecule has 1 saturated heterocycles. The van der Waals surface area contributed by atoms with E-state index in [0.29, 0.717) is 26.2 Å². The van der Waals surface area contributed by atoms with Gasteiger partial charge in [0.15, 0.2) is 0 Å². The van der Waals surface area contributed by atoms with E-state index in [4.69, 9.17) is 9.47 Å². The van der Waals surface area contributed by atoms with Crippen molar-refractivity contribution in [1.29, 1.82) is 0 Å². The number of amides is 3. The maximum atomic E-state index is 13.7. The van der Waals surface area contributed by atoms with Crippen molar-refractivity contribution in [3.8, 4) is 5.75 Å². The predicted molar refractivity (Wildman–Crippen MR) is 143 cm³/mol. The van der Waals surface area contributed by atoms with Crippen LogP contribution in [0.2, 0.25) is 0 Å². The van der Waals surface area contributed by atoms with E-state index < -0.39 is 0 Å². The standard InChI is InChI=1S/C29H40N4O4/c1-31(2)29(24-8-6-5-7-9-24)16-14-28(15-17-29)22-32(20-23-10-12-25(37-4)13-11-23)27(35)33(28)21-26(34)30-18-19-36-3/h5-13H,14-22H2,1-4H3,(H,30,34)/t28-,29+. The Balaban J connectivity index is 1.57. The van der Waals surface area contributed by atoms with Crippen LogP contribution < -0.4 is 10.1 Å². The number of ether oxygens (including phenoxy) is 2. The molecule has 0 unspecified atom stereocenters. The van der Waals surface area contributed by atoms with Crippen molar-refractivity contribution < 1.29 is 19.1 Å². The lowest BCUT2D eigenvalue weighted by molar-refractivity contribution is -0.123. The minimum absolute atomic E-state index is 0.0575.